The molecule has 15 heavy (non-hydrogen) atoms. The molecule has 0 spiro atoms. The number of hydrogen-bond donors (Lipinski definition) is 1. The van der Waals surface area contributed by atoms with Crippen molar-refractivity contribution in [1.29, 1.82) is 0 Å². The van der Waals surface area contributed by atoms with Crippen LogP contribution in [0.3, 0.4) is 0 Å². The van der Waals surface area contributed by atoms with Gasteiger partial charge in [-0.25, -0.2) is 0 Å². The summed E-state index contributed by atoms with van der Waals surface area (Å²) in [5.74, 6) is 1.03. The number of nitrogens with zero attached hydrogens (tertiary/aromatic N) is 1. The third-order valence-corrected chi connectivity index (χ3v) is 2.82. The van der Waals surface area contributed by atoms with Crippen molar-refractivity contribution in [1.82, 2.24) is 0 Å². The fraction of sp³-hybridized carbons (Fsp3) is 0.500. The van der Waals surface area contributed by atoms with Gasteiger partial charge in [0, 0.05) is 24.8 Å². The van der Waals surface area contributed by atoms with E-state index in [0.29, 0.717) is 6.54 Å². The first-order valence-electron chi connectivity index (χ1n) is 5.49. The van der Waals surface area contributed by atoms with Gasteiger partial charge in [0.05, 0.1) is 6.61 Å². The second kappa shape index (κ2) is 4.53. The average molecular weight is 206 g/mol. The molecule has 0 atom stereocenters. The van der Waals surface area contributed by atoms with Gasteiger partial charge in [0.1, 0.15) is 5.75 Å². The first-order valence-corrected chi connectivity index (χ1v) is 5.49. The van der Waals surface area contributed by atoms with E-state index in [1.807, 2.05) is 0 Å². The molecule has 1 heterocycles. The number of ether oxygens (including phenoxy) is 1. The van der Waals surface area contributed by atoms with E-state index in [1.165, 1.54) is 11.3 Å². The quantitative estimate of drug-likeness (QED) is 0.757. The Hall–Kier alpha value is -1.22. The van der Waals surface area contributed by atoms with Gasteiger partial charge in [-0.2, -0.15) is 0 Å². The Morgan fingerprint density at radius 3 is 3.13 bits per heavy atom. The minimum atomic E-state index is 0.689. The Morgan fingerprint density at radius 2 is 2.33 bits per heavy atom. The Kier molecular flexibility index (Phi) is 3.11. The first-order chi connectivity index (χ1) is 7.33. The summed E-state index contributed by atoms with van der Waals surface area (Å²) < 4.78 is 5.73. The number of benzene rings is 1. The van der Waals surface area contributed by atoms with Gasteiger partial charge in [-0.3, -0.25) is 0 Å². The maximum atomic E-state index is 5.73. The van der Waals surface area contributed by atoms with Crippen LogP contribution in [0.15, 0.2) is 18.2 Å². The molecular formula is C12H18N2O. The molecule has 1 aromatic carbocycles. The van der Waals surface area contributed by atoms with Crippen LogP contribution in [0.2, 0.25) is 0 Å². The summed E-state index contributed by atoms with van der Waals surface area (Å²) in [4.78, 5) is 2.27. The molecule has 0 saturated heterocycles. The fourth-order valence-electron chi connectivity index (χ4n) is 1.96. The van der Waals surface area contributed by atoms with Crippen LogP contribution in [0.5, 0.6) is 5.75 Å². The van der Waals surface area contributed by atoms with Gasteiger partial charge in [-0.15, -0.1) is 0 Å². The molecule has 3 nitrogen and oxygen atoms in total. The smallest absolute Gasteiger partial charge is 0.124 e. The maximum Gasteiger partial charge on any atom is 0.124 e. The molecule has 2 N–H and O–H groups in total. The van der Waals surface area contributed by atoms with Crippen molar-refractivity contribution in [2.45, 2.75) is 12.8 Å². The summed E-state index contributed by atoms with van der Waals surface area (Å²) in [5, 5.41) is 0. The highest BCUT2D eigenvalue weighted by Gasteiger charge is 2.18. The van der Waals surface area contributed by atoms with E-state index < -0.39 is 0 Å². The summed E-state index contributed by atoms with van der Waals surface area (Å²) >= 11 is 0. The second-order valence-corrected chi connectivity index (χ2v) is 3.92. The molecule has 0 fully saturated rings. The fourth-order valence-corrected chi connectivity index (χ4v) is 1.96. The van der Waals surface area contributed by atoms with Crippen molar-refractivity contribution in [3.05, 3.63) is 23.8 Å². The normalized spacial score (nSPS) is 14.1. The SMILES string of the molecule is CN1CCc2c(OCCCN)cccc21. The Balaban J connectivity index is 2.12. The molecule has 0 unspecified atom stereocenters. The van der Waals surface area contributed by atoms with E-state index in [9.17, 15) is 0 Å². The van der Waals surface area contributed by atoms with E-state index in [1.54, 1.807) is 0 Å². The lowest BCUT2D eigenvalue weighted by Gasteiger charge is -2.13. The van der Waals surface area contributed by atoms with Crippen molar-refractivity contribution in [3.8, 4) is 5.75 Å². The summed E-state index contributed by atoms with van der Waals surface area (Å²) in [6.07, 6.45) is 2.00. The van der Waals surface area contributed by atoms with Gasteiger partial charge in [0.15, 0.2) is 0 Å². The second-order valence-electron chi connectivity index (χ2n) is 3.92. The minimum absolute atomic E-state index is 0.689. The van der Waals surface area contributed by atoms with Crippen LogP contribution in [-0.2, 0) is 6.42 Å². The minimum Gasteiger partial charge on any atom is -0.493 e. The van der Waals surface area contributed by atoms with Gasteiger partial charge in [0.25, 0.3) is 0 Å². The van der Waals surface area contributed by atoms with Gasteiger partial charge in [0.2, 0.25) is 0 Å². The van der Waals surface area contributed by atoms with Gasteiger partial charge < -0.3 is 15.4 Å². The third-order valence-electron chi connectivity index (χ3n) is 2.82. The van der Waals surface area contributed by atoms with Crippen molar-refractivity contribution in [2.24, 2.45) is 5.73 Å². The highest BCUT2D eigenvalue weighted by molar-refractivity contribution is 5.62. The number of fused-ring (bicyclic) bond motifs is 1. The summed E-state index contributed by atoms with van der Waals surface area (Å²) in [6.45, 7) is 2.50. The highest BCUT2D eigenvalue weighted by atomic mass is 16.5. The Morgan fingerprint density at radius 1 is 1.47 bits per heavy atom. The van der Waals surface area contributed by atoms with Crippen LogP contribution in [0, 0.1) is 0 Å². The molecule has 1 aliphatic heterocycles. The molecule has 82 valence electrons. The zero-order valence-corrected chi connectivity index (χ0v) is 9.20. The number of hydrogen-bond acceptors (Lipinski definition) is 3. The monoisotopic (exact) mass is 206 g/mol. The maximum absolute atomic E-state index is 5.73. The van der Waals surface area contributed by atoms with Gasteiger partial charge in [-0.1, -0.05) is 6.07 Å². The number of rotatable bonds is 4. The van der Waals surface area contributed by atoms with Crippen LogP contribution in [-0.4, -0.2) is 26.7 Å². The van der Waals surface area contributed by atoms with Crippen LogP contribution in [0.25, 0.3) is 0 Å². The number of likely N-dealkylation sites (N-methyl/N-ethyl adjacent to an activating group) is 1. The average Bonchev–Trinajstić information content (AvgIpc) is 2.62. The molecule has 0 saturated carbocycles. The lowest BCUT2D eigenvalue weighted by Crippen LogP contribution is -2.12. The standard InChI is InChI=1S/C12H18N2O/c1-14-8-6-10-11(14)4-2-5-12(10)15-9-3-7-13/h2,4-5H,3,6-9,13H2,1H3. The van der Waals surface area contributed by atoms with Crippen molar-refractivity contribution in [2.75, 3.05) is 31.6 Å². The van der Waals surface area contributed by atoms with Crippen LogP contribution in [0.1, 0.15) is 12.0 Å². The molecule has 0 amide bonds. The summed E-state index contributed by atoms with van der Waals surface area (Å²) in [7, 11) is 2.12. The molecule has 3 heteroatoms. The molecule has 0 aliphatic carbocycles. The van der Waals surface area contributed by atoms with Crippen LogP contribution >= 0.6 is 0 Å². The van der Waals surface area contributed by atoms with Crippen molar-refractivity contribution in [3.63, 3.8) is 0 Å². The van der Waals surface area contributed by atoms with Gasteiger partial charge in [-0.05, 0) is 31.5 Å². The summed E-state index contributed by atoms with van der Waals surface area (Å²) in [5.41, 5.74) is 8.09. The molecule has 0 aromatic heterocycles. The van der Waals surface area contributed by atoms with Crippen LogP contribution in [0.4, 0.5) is 5.69 Å². The van der Waals surface area contributed by atoms with Crippen molar-refractivity contribution >= 4 is 5.69 Å². The van der Waals surface area contributed by atoms with Crippen molar-refractivity contribution < 1.29 is 4.74 Å². The lowest BCUT2D eigenvalue weighted by atomic mass is 10.1. The van der Waals surface area contributed by atoms with E-state index in [4.69, 9.17) is 10.5 Å². The predicted molar refractivity (Wildman–Crippen MR) is 62.6 cm³/mol. The van der Waals surface area contributed by atoms with E-state index >= 15 is 0 Å². The first kappa shape index (κ1) is 10.3. The zero-order chi connectivity index (χ0) is 10.7. The topological polar surface area (TPSA) is 38.5 Å². The Bertz CT molecular complexity index is 338. The largest absolute Gasteiger partial charge is 0.493 e. The zero-order valence-electron chi connectivity index (χ0n) is 9.20. The highest BCUT2D eigenvalue weighted by Crippen LogP contribution is 2.33. The molecule has 1 aliphatic rings. The number of anilines is 1. The molecule has 0 bridgehead atoms. The van der Waals surface area contributed by atoms with E-state index in [-0.39, 0.29) is 0 Å². The summed E-state index contributed by atoms with van der Waals surface area (Å²) in [6, 6.07) is 6.26. The van der Waals surface area contributed by atoms with E-state index in [2.05, 4.69) is 30.1 Å². The van der Waals surface area contributed by atoms with E-state index in [0.717, 1.165) is 31.7 Å². The molecular weight excluding hydrogens is 188 g/mol. The molecule has 2 rings (SSSR count). The molecule has 1 aromatic rings. The Labute approximate surface area is 90.8 Å². The van der Waals surface area contributed by atoms with Gasteiger partial charge >= 0.3 is 0 Å². The third kappa shape index (κ3) is 2.07. The lowest BCUT2D eigenvalue weighted by molar-refractivity contribution is 0.311. The van der Waals surface area contributed by atoms with Crippen LogP contribution < -0.4 is 15.4 Å². The molecule has 0 radical (unpaired) electrons. The predicted octanol–water partition coefficient (Wildman–Crippen LogP) is 1.41. The number of nitrogens with two attached hydrogens (primary N) is 1.